The summed E-state index contributed by atoms with van der Waals surface area (Å²) in [6.45, 7) is 1.64. The summed E-state index contributed by atoms with van der Waals surface area (Å²) in [5.41, 5.74) is -0.0245. The Morgan fingerprint density at radius 1 is 1.25 bits per heavy atom. The Balaban J connectivity index is 2.43. The Labute approximate surface area is 172 Å². The predicted octanol–water partition coefficient (Wildman–Crippen LogP) is 4.08. The van der Waals surface area contributed by atoms with Crippen LogP contribution in [0.15, 0.2) is 42.5 Å². The topological polar surface area (TPSA) is 110 Å². The lowest BCUT2D eigenvalue weighted by Crippen LogP contribution is -2.47. The van der Waals surface area contributed by atoms with Crippen molar-refractivity contribution in [1.29, 1.82) is 0 Å². The zero-order valence-corrected chi connectivity index (χ0v) is 17.3. The first-order valence-corrected chi connectivity index (χ1v) is 10.6. The molecule has 0 aliphatic heterocycles. The number of hydrogen-bond acceptors (Lipinski definition) is 5. The molecule has 1 N–H and O–H groups in total. The second-order valence-corrected chi connectivity index (χ2v) is 8.58. The fraction of sp³-hybridized carbons (Fsp3) is 0.235. The average Bonchev–Trinajstić information content (AvgIpc) is 2.59. The van der Waals surface area contributed by atoms with E-state index in [1.165, 1.54) is 24.3 Å². The highest BCUT2D eigenvalue weighted by Crippen LogP contribution is 2.29. The Morgan fingerprint density at radius 2 is 1.93 bits per heavy atom. The fourth-order valence-electron chi connectivity index (χ4n) is 2.61. The van der Waals surface area contributed by atoms with Gasteiger partial charge in [0.2, 0.25) is 15.9 Å². The van der Waals surface area contributed by atoms with Crippen molar-refractivity contribution in [3.8, 4) is 0 Å². The fourth-order valence-corrected chi connectivity index (χ4v) is 4.17. The highest BCUT2D eigenvalue weighted by molar-refractivity contribution is 7.92. The highest BCUT2D eigenvalue weighted by Gasteiger charge is 2.32. The molecule has 0 bridgehead atoms. The summed E-state index contributed by atoms with van der Waals surface area (Å²) >= 11 is 12.0. The number of carbonyl (C=O) groups is 1. The van der Waals surface area contributed by atoms with Gasteiger partial charge < -0.3 is 5.32 Å². The molecule has 0 saturated carbocycles. The van der Waals surface area contributed by atoms with Crippen LogP contribution in [-0.4, -0.2) is 31.5 Å². The predicted molar refractivity (Wildman–Crippen MR) is 110 cm³/mol. The van der Waals surface area contributed by atoms with Gasteiger partial charge in [-0.05, 0) is 30.7 Å². The molecule has 1 unspecified atom stereocenters. The minimum atomic E-state index is -3.84. The summed E-state index contributed by atoms with van der Waals surface area (Å²) < 4.78 is 25.8. The van der Waals surface area contributed by atoms with Crippen LogP contribution >= 0.6 is 23.2 Å². The van der Waals surface area contributed by atoms with Gasteiger partial charge in [-0.3, -0.25) is 19.2 Å². The molecule has 28 heavy (non-hydrogen) atoms. The molecule has 2 aromatic rings. The summed E-state index contributed by atoms with van der Waals surface area (Å²) in [5, 5.41) is 13.8. The van der Waals surface area contributed by atoms with Crippen LogP contribution in [-0.2, 0) is 14.8 Å². The van der Waals surface area contributed by atoms with Gasteiger partial charge in [-0.1, -0.05) is 36.2 Å². The van der Waals surface area contributed by atoms with Crippen LogP contribution in [0.2, 0.25) is 10.0 Å². The molecule has 8 nitrogen and oxygen atoms in total. The van der Waals surface area contributed by atoms with Gasteiger partial charge in [0.25, 0.3) is 5.69 Å². The first-order chi connectivity index (χ1) is 13.0. The van der Waals surface area contributed by atoms with Crippen molar-refractivity contribution in [1.82, 2.24) is 0 Å². The number of benzene rings is 2. The third-order valence-electron chi connectivity index (χ3n) is 3.81. The third kappa shape index (κ3) is 5.12. The molecule has 0 radical (unpaired) electrons. The van der Waals surface area contributed by atoms with Gasteiger partial charge in [-0.25, -0.2) is 8.42 Å². The number of amides is 1. The van der Waals surface area contributed by atoms with E-state index >= 15 is 0 Å². The zero-order valence-electron chi connectivity index (χ0n) is 14.9. The smallest absolute Gasteiger partial charge is 0.271 e. The number of nitrogens with one attached hydrogen (secondary N) is 1. The van der Waals surface area contributed by atoms with E-state index in [1.54, 1.807) is 19.1 Å². The van der Waals surface area contributed by atoms with Gasteiger partial charge in [0, 0.05) is 17.2 Å². The maximum atomic E-state index is 12.8. The Kier molecular flexibility index (Phi) is 6.87. The van der Waals surface area contributed by atoms with Crippen molar-refractivity contribution in [2.75, 3.05) is 15.9 Å². The number of anilines is 2. The van der Waals surface area contributed by atoms with Crippen LogP contribution in [0.1, 0.15) is 13.3 Å². The van der Waals surface area contributed by atoms with E-state index in [0.29, 0.717) is 5.02 Å². The number of rotatable bonds is 7. The van der Waals surface area contributed by atoms with Gasteiger partial charge in [0.05, 0.1) is 27.6 Å². The maximum Gasteiger partial charge on any atom is 0.271 e. The summed E-state index contributed by atoms with van der Waals surface area (Å²) in [6, 6.07) is 8.56. The molecular weight excluding hydrogens is 429 g/mol. The van der Waals surface area contributed by atoms with Crippen LogP contribution < -0.4 is 9.62 Å². The Bertz CT molecular complexity index is 1010. The molecule has 1 atom stereocenters. The van der Waals surface area contributed by atoms with E-state index in [0.717, 1.165) is 16.6 Å². The number of non-ortho nitro benzene ring substituents is 1. The first kappa shape index (κ1) is 21.9. The van der Waals surface area contributed by atoms with E-state index in [4.69, 9.17) is 23.2 Å². The molecule has 0 heterocycles. The van der Waals surface area contributed by atoms with Crippen LogP contribution in [0.4, 0.5) is 17.1 Å². The SMILES string of the molecule is CCC(C(=O)Nc1cc([N+](=O)[O-])ccc1Cl)N(c1cccc(Cl)c1)S(C)(=O)=O. The molecule has 2 aromatic carbocycles. The number of halogens is 2. The number of nitro benzene ring substituents is 1. The van der Waals surface area contributed by atoms with E-state index in [1.807, 2.05) is 0 Å². The van der Waals surface area contributed by atoms with Gasteiger partial charge >= 0.3 is 0 Å². The molecule has 1 amide bonds. The van der Waals surface area contributed by atoms with Crippen molar-refractivity contribution in [3.63, 3.8) is 0 Å². The number of carbonyl (C=O) groups excluding carboxylic acids is 1. The minimum absolute atomic E-state index is 0.0128. The second kappa shape index (κ2) is 8.76. The lowest BCUT2D eigenvalue weighted by Gasteiger charge is -2.30. The number of nitrogens with zero attached hydrogens (tertiary/aromatic N) is 2. The summed E-state index contributed by atoms with van der Waals surface area (Å²) in [5.74, 6) is -0.685. The van der Waals surface area contributed by atoms with Crippen molar-refractivity contribution >= 4 is 56.2 Å². The monoisotopic (exact) mass is 445 g/mol. The molecule has 0 aliphatic rings. The van der Waals surface area contributed by atoms with Crippen molar-refractivity contribution < 1.29 is 18.1 Å². The van der Waals surface area contributed by atoms with E-state index in [2.05, 4.69) is 5.32 Å². The average molecular weight is 446 g/mol. The highest BCUT2D eigenvalue weighted by atomic mass is 35.5. The molecule has 0 spiro atoms. The van der Waals surface area contributed by atoms with Crippen molar-refractivity contribution in [2.24, 2.45) is 0 Å². The Morgan fingerprint density at radius 3 is 2.46 bits per heavy atom. The van der Waals surface area contributed by atoms with Gasteiger partial charge in [0.1, 0.15) is 6.04 Å². The summed E-state index contributed by atoms with van der Waals surface area (Å²) in [4.78, 5) is 23.2. The van der Waals surface area contributed by atoms with Crippen molar-refractivity contribution in [3.05, 3.63) is 62.6 Å². The second-order valence-electron chi connectivity index (χ2n) is 5.87. The van der Waals surface area contributed by atoms with Crippen LogP contribution in [0.5, 0.6) is 0 Å². The number of hydrogen-bond donors (Lipinski definition) is 1. The normalized spacial score (nSPS) is 12.3. The van der Waals surface area contributed by atoms with Crippen LogP contribution in [0, 0.1) is 10.1 Å². The quantitative estimate of drug-likeness (QED) is 0.509. The molecule has 11 heteroatoms. The number of nitro groups is 1. The van der Waals surface area contributed by atoms with Gasteiger partial charge in [-0.2, -0.15) is 0 Å². The Hall–Kier alpha value is -2.36. The summed E-state index contributed by atoms with van der Waals surface area (Å²) in [7, 11) is -3.84. The van der Waals surface area contributed by atoms with Crippen LogP contribution in [0.3, 0.4) is 0 Å². The molecular formula is C17H17Cl2N3O5S. The van der Waals surface area contributed by atoms with Gasteiger partial charge in [-0.15, -0.1) is 0 Å². The van der Waals surface area contributed by atoms with Crippen LogP contribution in [0.25, 0.3) is 0 Å². The molecule has 0 saturated heterocycles. The largest absolute Gasteiger partial charge is 0.323 e. The molecule has 0 fully saturated rings. The lowest BCUT2D eigenvalue weighted by atomic mass is 10.1. The molecule has 2 rings (SSSR count). The first-order valence-electron chi connectivity index (χ1n) is 8.04. The third-order valence-corrected chi connectivity index (χ3v) is 5.56. The van der Waals surface area contributed by atoms with Gasteiger partial charge in [0.15, 0.2) is 0 Å². The van der Waals surface area contributed by atoms with E-state index in [9.17, 15) is 23.3 Å². The van der Waals surface area contributed by atoms with E-state index < -0.39 is 26.9 Å². The summed E-state index contributed by atoms with van der Waals surface area (Å²) in [6.07, 6.45) is 1.11. The molecule has 150 valence electrons. The lowest BCUT2D eigenvalue weighted by molar-refractivity contribution is -0.384. The maximum absolute atomic E-state index is 12.8. The zero-order chi connectivity index (χ0) is 21.1. The molecule has 0 aliphatic carbocycles. The number of sulfonamides is 1. The molecule has 0 aromatic heterocycles. The van der Waals surface area contributed by atoms with E-state index in [-0.39, 0.29) is 28.5 Å². The standard InChI is InChI=1S/C17H17Cl2N3O5S/c1-3-16(21(28(2,26)27)12-6-4-5-11(18)9-12)17(23)20-15-10-13(22(24)25)7-8-14(15)19/h4-10,16H,3H2,1-2H3,(H,20,23). The van der Waals surface area contributed by atoms with Crippen molar-refractivity contribution in [2.45, 2.75) is 19.4 Å². The minimum Gasteiger partial charge on any atom is -0.323 e.